The molecule has 0 saturated heterocycles. The molecule has 6 nitrogen and oxygen atoms in total. The summed E-state index contributed by atoms with van der Waals surface area (Å²) < 4.78 is 31.4. The molecule has 1 aromatic heterocycles. The SMILES string of the molecule is CCn1c(=NC(=O)c2ccccc2NS(=O)(=O)c2ccc(C)cc2)sc2c(C)ccc(C)c21. The first-order valence-corrected chi connectivity index (χ1v) is 12.9. The standard InChI is InChI=1S/C25H25N3O3S2/c1-5-28-22-17(3)12-13-18(4)23(22)32-25(28)26-24(29)20-8-6-7-9-21(20)27-33(30,31)19-14-10-16(2)11-15-19/h6-15,27H,5H2,1-4H3. The molecule has 0 aliphatic heterocycles. The molecule has 4 aromatic rings. The number of para-hydroxylation sites is 1. The Hall–Kier alpha value is -3.23. The number of nitrogens with zero attached hydrogens (tertiary/aromatic N) is 2. The Bertz CT molecular complexity index is 1530. The molecular formula is C25H25N3O3S2. The number of carbonyl (C=O) groups excluding carboxylic acids is 1. The van der Waals surface area contributed by atoms with Crippen LogP contribution in [0.4, 0.5) is 5.69 Å². The molecule has 33 heavy (non-hydrogen) atoms. The first kappa shape index (κ1) is 22.9. The number of hydrogen-bond acceptors (Lipinski definition) is 4. The summed E-state index contributed by atoms with van der Waals surface area (Å²) >= 11 is 1.47. The normalized spacial score (nSPS) is 12.3. The molecule has 4 rings (SSSR count). The lowest BCUT2D eigenvalue weighted by molar-refractivity contribution is 0.0998. The lowest BCUT2D eigenvalue weighted by Crippen LogP contribution is -2.18. The average Bonchev–Trinajstić information content (AvgIpc) is 3.16. The van der Waals surface area contributed by atoms with E-state index < -0.39 is 15.9 Å². The minimum Gasteiger partial charge on any atom is -0.316 e. The quantitative estimate of drug-likeness (QED) is 0.428. The summed E-state index contributed by atoms with van der Waals surface area (Å²) in [5.41, 5.74) is 4.67. The fourth-order valence-electron chi connectivity index (χ4n) is 3.68. The number of aromatic nitrogens is 1. The van der Waals surface area contributed by atoms with Crippen molar-refractivity contribution in [2.75, 3.05) is 4.72 Å². The molecule has 0 bridgehead atoms. The third-order valence-electron chi connectivity index (χ3n) is 5.47. The van der Waals surface area contributed by atoms with Crippen molar-refractivity contribution in [3.8, 4) is 0 Å². The van der Waals surface area contributed by atoms with E-state index in [0.717, 1.165) is 26.9 Å². The summed E-state index contributed by atoms with van der Waals surface area (Å²) in [4.78, 5) is 18.3. The number of amides is 1. The van der Waals surface area contributed by atoms with Crippen LogP contribution in [0, 0.1) is 20.8 Å². The second kappa shape index (κ2) is 8.96. The highest BCUT2D eigenvalue weighted by Crippen LogP contribution is 2.25. The van der Waals surface area contributed by atoms with E-state index in [1.807, 2.05) is 32.3 Å². The Labute approximate surface area is 197 Å². The Kier molecular flexibility index (Phi) is 6.23. The molecule has 0 fully saturated rings. The van der Waals surface area contributed by atoms with Crippen LogP contribution in [0.5, 0.6) is 0 Å². The second-order valence-corrected chi connectivity index (χ2v) is 10.5. The van der Waals surface area contributed by atoms with Crippen LogP contribution in [0.3, 0.4) is 0 Å². The van der Waals surface area contributed by atoms with Crippen molar-refractivity contribution in [1.29, 1.82) is 0 Å². The van der Waals surface area contributed by atoms with Gasteiger partial charge in [-0.25, -0.2) is 8.42 Å². The number of carbonyl (C=O) groups is 1. The van der Waals surface area contributed by atoms with Gasteiger partial charge in [-0.3, -0.25) is 9.52 Å². The van der Waals surface area contributed by atoms with Crippen molar-refractivity contribution in [2.24, 2.45) is 4.99 Å². The third kappa shape index (κ3) is 4.49. The van der Waals surface area contributed by atoms with Gasteiger partial charge in [-0.15, -0.1) is 0 Å². The molecule has 8 heteroatoms. The fourth-order valence-corrected chi connectivity index (χ4v) is 6.00. The predicted octanol–water partition coefficient (Wildman–Crippen LogP) is 5.19. The predicted molar refractivity (Wildman–Crippen MR) is 133 cm³/mol. The highest BCUT2D eigenvalue weighted by atomic mass is 32.2. The van der Waals surface area contributed by atoms with E-state index in [9.17, 15) is 13.2 Å². The zero-order valence-corrected chi connectivity index (χ0v) is 20.5. The number of hydrogen-bond donors (Lipinski definition) is 1. The van der Waals surface area contributed by atoms with Crippen molar-refractivity contribution in [1.82, 2.24) is 4.57 Å². The fraction of sp³-hybridized carbons (Fsp3) is 0.200. The summed E-state index contributed by atoms with van der Waals surface area (Å²) in [7, 11) is -3.85. The van der Waals surface area contributed by atoms with Gasteiger partial charge in [0.05, 0.1) is 26.4 Å². The van der Waals surface area contributed by atoms with Gasteiger partial charge in [-0.05, 0) is 63.1 Å². The van der Waals surface area contributed by atoms with Gasteiger partial charge in [0.25, 0.3) is 15.9 Å². The second-order valence-electron chi connectivity index (χ2n) is 7.89. The molecule has 1 heterocycles. The molecule has 170 valence electrons. The largest absolute Gasteiger partial charge is 0.316 e. The molecule has 0 aliphatic rings. The smallest absolute Gasteiger partial charge is 0.281 e. The van der Waals surface area contributed by atoms with E-state index in [4.69, 9.17) is 0 Å². The first-order valence-electron chi connectivity index (χ1n) is 10.6. The minimum atomic E-state index is -3.85. The molecular weight excluding hydrogens is 454 g/mol. The number of thiazole rings is 1. The number of anilines is 1. The lowest BCUT2D eigenvalue weighted by Gasteiger charge is -2.11. The molecule has 0 radical (unpaired) electrons. The number of sulfonamides is 1. The molecule has 0 unspecified atom stereocenters. The Morgan fingerprint density at radius 1 is 0.970 bits per heavy atom. The average molecular weight is 480 g/mol. The lowest BCUT2D eigenvalue weighted by atomic mass is 10.1. The molecule has 1 amide bonds. The minimum absolute atomic E-state index is 0.131. The highest BCUT2D eigenvalue weighted by Gasteiger charge is 2.19. The van der Waals surface area contributed by atoms with Gasteiger partial charge >= 0.3 is 0 Å². The summed E-state index contributed by atoms with van der Waals surface area (Å²) in [6.45, 7) is 8.65. The van der Waals surface area contributed by atoms with Gasteiger partial charge in [-0.2, -0.15) is 4.99 Å². The number of nitrogens with one attached hydrogen (secondary N) is 1. The van der Waals surface area contributed by atoms with Crippen LogP contribution < -0.4 is 9.52 Å². The Morgan fingerprint density at radius 2 is 1.64 bits per heavy atom. The van der Waals surface area contributed by atoms with E-state index in [1.165, 1.54) is 11.3 Å². The van der Waals surface area contributed by atoms with Crippen LogP contribution in [-0.2, 0) is 16.6 Å². The maximum atomic E-state index is 13.2. The maximum absolute atomic E-state index is 13.2. The van der Waals surface area contributed by atoms with Gasteiger partial charge in [0.15, 0.2) is 4.80 Å². The summed E-state index contributed by atoms with van der Waals surface area (Å²) in [5, 5.41) is 0. The Morgan fingerprint density at radius 3 is 2.33 bits per heavy atom. The van der Waals surface area contributed by atoms with Crippen molar-refractivity contribution in [2.45, 2.75) is 39.1 Å². The van der Waals surface area contributed by atoms with Crippen LogP contribution >= 0.6 is 11.3 Å². The van der Waals surface area contributed by atoms with Crippen LogP contribution in [0.25, 0.3) is 10.2 Å². The van der Waals surface area contributed by atoms with Crippen LogP contribution in [0.1, 0.15) is 34.0 Å². The maximum Gasteiger partial charge on any atom is 0.281 e. The summed E-state index contributed by atoms with van der Waals surface area (Å²) in [5.74, 6) is -0.499. The van der Waals surface area contributed by atoms with Gasteiger partial charge in [0.2, 0.25) is 0 Å². The zero-order valence-electron chi connectivity index (χ0n) is 18.9. The van der Waals surface area contributed by atoms with E-state index in [-0.39, 0.29) is 16.1 Å². The van der Waals surface area contributed by atoms with Gasteiger partial charge in [0.1, 0.15) is 0 Å². The van der Waals surface area contributed by atoms with Crippen molar-refractivity contribution >= 4 is 43.2 Å². The van der Waals surface area contributed by atoms with Crippen LogP contribution in [0.15, 0.2) is 70.6 Å². The number of aryl methyl sites for hydroxylation is 4. The zero-order chi connectivity index (χ0) is 23.8. The number of benzene rings is 3. The molecule has 0 saturated carbocycles. The monoisotopic (exact) mass is 479 g/mol. The molecule has 0 spiro atoms. The highest BCUT2D eigenvalue weighted by molar-refractivity contribution is 7.92. The first-order chi connectivity index (χ1) is 15.7. The number of fused-ring (bicyclic) bond motifs is 1. The molecule has 1 N–H and O–H groups in total. The van der Waals surface area contributed by atoms with Crippen LogP contribution in [-0.4, -0.2) is 18.9 Å². The Balaban J connectivity index is 1.77. The molecule has 3 aromatic carbocycles. The van der Waals surface area contributed by atoms with Crippen molar-refractivity contribution in [3.05, 3.63) is 87.7 Å². The van der Waals surface area contributed by atoms with Crippen molar-refractivity contribution < 1.29 is 13.2 Å². The van der Waals surface area contributed by atoms with Crippen molar-refractivity contribution in [3.63, 3.8) is 0 Å². The van der Waals surface area contributed by atoms with Gasteiger partial charge in [-0.1, -0.05) is 53.3 Å². The van der Waals surface area contributed by atoms with E-state index >= 15 is 0 Å². The van der Waals surface area contributed by atoms with Gasteiger partial charge < -0.3 is 4.57 Å². The topological polar surface area (TPSA) is 80.5 Å². The summed E-state index contributed by atoms with van der Waals surface area (Å²) in [6.07, 6.45) is 0. The van der Waals surface area contributed by atoms with Gasteiger partial charge in [0, 0.05) is 6.54 Å². The van der Waals surface area contributed by atoms with Crippen LogP contribution in [0.2, 0.25) is 0 Å². The van der Waals surface area contributed by atoms with E-state index in [0.29, 0.717) is 11.3 Å². The van der Waals surface area contributed by atoms with E-state index in [1.54, 1.807) is 48.5 Å². The third-order valence-corrected chi connectivity index (χ3v) is 8.07. The summed E-state index contributed by atoms with van der Waals surface area (Å²) in [6, 6.07) is 17.2. The number of rotatable bonds is 5. The molecule has 0 aliphatic carbocycles. The van der Waals surface area contributed by atoms with E-state index in [2.05, 4.69) is 21.8 Å². The molecule has 0 atom stereocenters.